The molecule has 5 aliphatic heterocycles. The van der Waals surface area contributed by atoms with E-state index >= 15 is 0 Å². The molecule has 8 nitrogen and oxygen atoms in total. The van der Waals surface area contributed by atoms with Gasteiger partial charge in [0.15, 0.2) is 0 Å². The fourth-order valence-electron chi connectivity index (χ4n) is 8.95. The molecular weight excluding hydrogens is 664 g/mol. The second-order valence-electron chi connectivity index (χ2n) is 13.9. The SMILES string of the molecule is COC(=O)CCC1=C(C)C2CC3NC(CC4NC(CC5NC(CC1N2)C(CCC(=O)OC)C5C)C(Br)C4C)C(Br)C3C. The molecule has 0 amide bonds. The molecule has 14 unspecified atom stereocenters. The van der Waals surface area contributed by atoms with Crippen LogP contribution in [0.1, 0.15) is 79.1 Å². The average Bonchev–Trinajstić information content (AvgIpc) is 3.61. The van der Waals surface area contributed by atoms with Gasteiger partial charge in [-0.2, -0.15) is 0 Å². The van der Waals surface area contributed by atoms with Crippen molar-refractivity contribution in [2.75, 3.05) is 14.2 Å². The maximum Gasteiger partial charge on any atom is 0.305 e. The molecule has 0 aromatic rings. The number of nitrogens with one attached hydrogen (secondary N) is 4. The van der Waals surface area contributed by atoms with E-state index in [1.807, 2.05) is 0 Å². The highest BCUT2D eigenvalue weighted by Crippen LogP contribution is 2.42. The van der Waals surface area contributed by atoms with E-state index in [0.717, 1.165) is 38.5 Å². The Balaban J connectivity index is 1.45. The Morgan fingerprint density at radius 1 is 0.690 bits per heavy atom. The zero-order chi connectivity index (χ0) is 30.3. The van der Waals surface area contributed by atoms with Crippen molar-refractivity contribution in [1.29, 1.82) is 0 Å². The number of fused-ring (bicyclic) bond motifs is 8. The number of hydrogen-bond acceptors (Lipinski definition) is 8. The molecule has 0 aromatic carbocycles. The molecule has 238 valence electrons. The van der Waals surface area contributed by atoms with Crippen LogP contribution in [0.15, 0.2) is 11.1 Å². The molecular formula is C32H52Br2N4O4. The molecule has 42 heavy (non-hydrogen) atoms. The van der Waals surface area contributed by atoms with Gasteiger partial charge in [-0.1, -0.05) is 63.8 Å². The highest BCUT2D eigenvalue weighted by molar-refractivity contribution is 9.09. The first-order valence-electron chi connectivity index (χ1n) is 16.2. The Labute approximate surface area is 269 Å². The van der Waals surface area contributed by atoms with Crippen molar-refractivity contribution in [2.24, 2.45) is 23.7 Å². The molecule has 4 saturated heterocycles. The monoisotopic (exact) mass is 714 g/mol. The van der Waals surface area contributed by atoms with Gasteiger partial charge in [-0.05, 0) is 69.1 Å². The first kappa shape index (κ1) is 32.9. The predicted octanol–water partition coefficient (Wildman–Crippen LogP) is 4.20. The highest BCUT2D eigenvalue weighted by atomic mass is 79.9. The standard InChI is InChI=1S/C32H52Br2N4O4/c1-15-19(7-9-29(39)41-5)25-14-26-20(8-10-30(40)42-6)16(2)22(36-26)12-27-32(34)18(4)24(38-27)13-28-31(33)17(3)23(37-28)11-21(15)35-25/h16-18,20-28,31-32,35-38H,7-14H2,1-6H3. The van der Waals surface area contributed by atoms with Crippen molar-refractivity contribution in [2.45, 2.75) is 137 Å². The minimum atomic E-state index is -0.156. The molecule has 5 heterocycles. The topological polar surface area (TPSA) is 101 Å². The summed E-state index contributed by atoms with van der Waals surface area (Å²) in [7, 11) is 2.95. The number of ether oxygens (including phenoxy) is 2. The van der Waals surface area contributed by atoms with Gasteiger partial charge >= 0.3 is 11.9 Å². The smallest absolute Gasteiger partial charge is 0.305 e. The van der Waals surface area contributed by atoms with Crippen LogP contribution >= 0.6 is 31.9 Å². The lowest BCUT2D eigenvalue weighted by Gasteiger charge is -2.28. The molecule has 14 atom stereocenters. The number of rotatable bonds is 6. The number of carbonyl (C=O) groups excluding carboxylic acids is 2. The Morgan fingerprint density at radius 2 is 1.19 bits per heavy atom. The van der Waals surface area contributed by atoms with Gasteiger partial charge in [0, 0.05) is 70.8 Å². The third kappa shape index (κ3) is 6.69. The van der Waals surface area contributed by atoms with E-state index in [4.69, 9.17) is 9.47 Å². The van der Waals surface area contributed by atoms with Crippen LogP contribution in [-0.2, 0) is 19.1 Å². The van der Waals surface area contributed by atoms with Gasteiger partial charge in [0.2, 0.25) is 0 Å². The number of esters is 2. The van der Waals surface area contributed by atoms with Crippen LogP contribution in [0.3, 0.4) is 0 Å². The first-order chi connectivity index (χ1) is 20.0. The lowest BCUT2D eigenvalue weighted by Crippen LogP contribution is -2.45. The molecule has 0 aromatic heterocycles. The summed E-state index contributed by atoms with van der Waals surface area (Å²) in [5.41, 5.74) is 2.76. The van der Waals surface area contributed by atoms with Crippen LogP contribution in [0.25, 0.3) is 0 Å². The van der Waals surface area contributed by atoms with Crippen LogP contribution in [-0.4, -0.2) is 84.1 Å². The molecule has 8 bridgehead atoms. The zero-order valence-corrected chi connectivity index (χ0v) is 29.3. The van der Waals surface area contributed by atoms with Gasteiger partial charge in [-0.3, -0.25) is 9.59 Å². The lowest BCUT2D eigenvalue weighted by molar-refractivity contribution is -0.141. The summed E-state index contributed by atoms with van der Waals surface area (Å²) in [5, 5.41) is 16.2. The third-order valence-corrected chi connectivity index (χ3v) is 14.7. The number of hydrogen-bond donors (Lipinski definition) is 4. The van der Waals surface area contributed by atoms with Crippen molar-refractivity contribution in [3.63, 3.8) is 0 Å². The Morgan fingerprint density at radius 3 is 1.79 bits per heavy atom. The van der Waals surface area contributed by atoms with Gasteiger partial charge in [-0.15, -0.1) is 0 Å². The average molecular weight is 717 g/mol. The summed E-state index contributed by atoms with van der Waals surface area (Å²) >= 11 is 8.21. The Hall–Kier alpha value is -0.520. The molecule has 4 N–H and O–H groups in total. The van der Waals surface area contributed by atoms with E-state index in [1.165, 1.54) is 25.4 Å². The maximum atomic E-state index is 12.2. The number of alkyl halides is 2. The van der Waals surface area contributed by atoms with E-state index in [9.17, 15) is 9.59 Å². The fourth-order valence-corrected chi connectivity index (χ4v) is 10.4. The number of halogens is 2. The third-order valence-electron chi connectivity index (χ3n) is 11.7. The van der Waals surface area contributed by atoms with Crippen molar-refractivity contribution >= 4 is 43.8 Å². The molecule has 0 saturated carbocycles. The van der Waals surface area contributed by atoms with E-state index in [2.05, 4.69) is 80.8 Å². The van der Waals surface area contributed by atoms with Gasteiger partial charge in [0.25, 0.3) is 0 Å². The van der Waals surface area contributed by atoms with Crippen molar-refractivity contribution < 1.29 is 19.1 Å². The van der Waals surface area contributed by atoms with Crippen molar-refractivity contribution in [3.05, 3.63) is 11.1 Å². The van der Waals surface area contributed by atoms with Gasteiger partial charge in [0.1, 0.15) is 0 Å². The van der Waals surface area contributed by atoms with Crippen molar-refractivity contribution in [1.82, 2.24) is 21.3 Å². The molecule has 4 fully saturated rings. The first-order valence-corrected chi connectivity index (χ1v) is 18.0. The molecule has 0 aliphatic carbocycles. The van der Waals surface area contributed by atoms with Crippen LogP contribution < -0.4 is 21.3 Å². The Bertz CT molecular complexity index is 1030. The van der Waals surface area contributed by atoms with Crippen LogP contribution in [0.5, 0.6) is 0 Å². The molecule has 5 rings (SSSR count). The molecule has 5 aliphatic rings. The lowest BCUT2D eigenvalue weighted by atomic mass is 9.80. The summed E-state index contributed by atoms with van der Waals surface area (Å²) in [6.45, 7) is 9.41. The second kappa shape index (κ2) is 13.9. The van der Waals surface area contributed by atoms with Gasteiger partial charge < -0.3 is 30.7 Å². The predicted molar refractivity (Wildman–Crippen MR) is 173 cm³/mol. The summed E-state index contributed by atoms with van der Waals surface area (Å²) in [6, 6.07) is 2.81. The Kier molecular flexibility index (Phi) is 10.8. The molecule has 0 spiro atoms. The fraction of sp³-hybridized carbons (Fsp3) is 0.875. The molecule has 10 heteroatoms. The summed E-state index contributed by atoms with van der Waals surface area (Å²) < 4.78 is 10.1. The van der Waals surface area contributed by atoms with E-state index in [0.29, 0.717) is 76.4 Å². The number of carbonyl (C=O) groups is 2. The quantitative estimate of drug-likeness (QED) is 0.185. The summed E-state index contributed by atoms with van der Waals surface area (Å²) in [5.74, 6) is 1.60. The van der Waals surface area contributed by atoms with Gasteiger partial charge in [-0.25, -0.2) is 0 Å². The molecule has 0 radical (unpaired) electrons. The summed E-state index contributed by atoms with van der Waals surface area (Å²) in [4.78, 5) is 25.3. The van der Waals surface area contributed by atoms with Crippen LogP contribution in [0.2, 0.25) is 0 Å². The van der Waals surface area contributed by atoms with E-state index in [1.54, 1.807) is 0 Å². The zero-order valence-electron chi connectivity index (χ0n) is 26.1. The van der Waals surface area contributed by atoms with Crippen molar-refractivity contribution in [3.8, 4) is 0 Å². The van der Waals surface area contributed by atoms with E-state index in [-0.39, 0.29) is 30.1 Å². The second-order valence-corrected chi connectivity index (χ2v) is 16.0. The number of methoxy groups -OCH3 is 2. The van der Waals surface area contributed by atoms with Crippen LogP contribution in [0, 0.1) is 23.7 Å². The normalized spacial score (nSPS) is 45.3. The minimum Gasteiger partial charge on any atom is -0.469 e. The van der Waals surface area contributed by atoms with Crippen LogP contribution in [0.4, 0.5) is 0 Å². The largest absolute Gasteiger partial charge is 0.469 e. The van der Waals surface area contributed by atoms with E-state index < -0.39 is 0 Å². The maximum absolute atomic E-state index is 12.2. The minimum absolute atomic E-state index is 0.132. The summed E-state index contributed by atoms with van der Waals surface area (Å²) in [6.07, 6.45) is 6.54. The van der Waals surface area contributed by atoms with Gasteiger partial charge in [0.05, 0.1) is 14.2 Å². The highest BCUT2D eigenvalue weighted by Gasteiger charge is 2.49.